The van der Waals surface area contributed by atoms with Crippen molar-refractivity contribution in [3.63, 3.8) is 0 Å². The van der Waals surface area contributed by atoms with E-state index in [0.717, 1.165) is 26.0 Å². The van der Waals surface area contributed by atoms with Crippen LogP contribution >= 0.6 is 8.60 Å². The SMILES string of the molecule is CCCCCCCCCCCCCCCOCC(COP(O)OCCC[NH2+]C)CC(C)=O. The van der Waals surface area contributed by atoms with E-state index in [9.17, 15) is 9.69 Å². The molecule has 0 heterocycles. The van der Waals surface area contributed by atoms with E-state index in [-0.39, 0.29) is 11.7 Å². The van der Waals surface area contributed by atoms with Crippen LogP contribution in [0.4, 0.5) is 0 Å². The molecule has 2 unspecified atom stereocenters. The molecule has 0 saturated carbocycles. The normalized spacial score (nSPS) is 13.4. The van der Waals surface area contributed by atoms with E-state index in [1.54, 1.807) is 6.92 Å². The zero-order valence-electron chi connectivity index (χ0n) is 21.3. The Morgan fingerprint density at radius 2 is 1.38 bits per heavy atom. The molecule has 0 aromatic heterocycles. The minimum Gasteiger partial charge on any atom is -0.381 e. The highest BCUT2D eigenvalue weighted by atomic mass is 31.2. The molecule has 0 aromatic carbocycles. The van der Waals surface area contributed by atoms with Gasteiger partial charge < -0.3 is 28.8 Å². The molecule has 0 spiro atoms. The number of ketones is 1. The van der Waals surface area contributed by atoms with Gasteiger partial charge in [-0.25, -0.2) is 0 Å². The summed E-state index contributed by atoms with van der Waals surface area (Å²) in [7, 11) is 0.129. The molecule has 0 aliphatic rings. The molecule has 192 valence electrons. The molecule has 0 rings (SSSR count). The quantitative estimate of drug-likeness (QED) is 0.126. The summed E-state index contributed by atoms with van der Waals surface area (Å²) in [6, 6.07) is 0. The number of carbonyl (C=O) groups is 1. The molecule has 0 fully saturated rings. The molecule has 0 bridgehead atoms. The fourth-order valence-electron chi connectivity index (χ4n) is 3.68. The van der Waals surface area contributed by atoms with Gasteiger partial charge in [-0.1, -0.05) is 84.0 Å². The number of nitrogens with two attached hydrogens (primary N) is 1. The third kappa shape index (κ3) is 24.5. The summed E-state index contributed by atoms with van der Waals surface area (Å²) in [6.45, 7) is 6.81. The van der Waals surface area contributed by atoms with Crippen molar-refractivity contribution in [2.45, 2.75) is 110 Å². The van der Waals surface area contributed by atoms with Gasteiger partial charge in [0, 0.05) is 25.4 Å². The van der Waals surface area contributed by atoms with Crippen LogP contribution in [0.25, 0.3) is 0 Å². The van der Waals surface area contributed by atoms with Crippen molar-refractivity contribution in [3.8, 4) is 0 Å². The first-order chi connectivity index (χ1) is 15.6. The molecule has 0 aromatic rings. The molecule has 7 heteroatoms. The van der Waals surface area contributed by atoms with Gasteiger partial charge in [-0.15, -0.1) is 0 Å². The van der Waals surface area contributed by atoms with Crippen LogP contribution in [0, 0.1) is 5.92 Å². The second kappa shape index (κ2) is 25.5. The van der Waals surface area contributed by atoms with Crippen molar-refractivity contribution in [2.24, 2.45) is 5.92 Å². The lowest BCUT2D eigenvalue weighted by Gasteiger charge is -2.18. The lowest BCUT2D eigenvalue weighted by molar-refractivity contribution is -0.627. The lowest BCUT2D eigenvalue weighted by atomic mass is 10.0. The molecule has 0 saturated heterocycles. The standard InChI is InChI=1S/C25H52NO5P/c1-4-5-6-7-8-9-10-11-12-13-14-15-16-19-29-22-25(21-24(2)27)23-31-32(28)30-20-17-18-26-3/h25-26,28H,4-23H2,1-3H3/p+1. The summed E-state index contributed by atoms with van der Waals surface area (Å²) < 4.78 is 16.5. The minimum atomic E-state index is -1.87. The summed E-state index contributed by atoms with van der Waals surface area (Å²) in [5.74, 6) is 0.0871. The smallest absolute Gasteiger partial charge is 0.329 e. The summed E-state index contributed by atoms with van der Waals surface area (Å²) in [4.78, 5) is 21.3. The van der Waals surface area contributed by atoms with Crippen LogP contribution in [0.15, 0.2) is 0 Å². The molecular formula is C25H53NO5P+. The van der Waals surface area contributed by atoms with Crippen molar-refractivity contribution >= 4 is 14.4 Å². The average molecular weight is 479 g/mol. The van der Waals surface area contributed by atoms with Crippen LogP contribution in [-0.2, 0) is 18.6 Å². The molecule has 0 amide bonds. The number of Topliss-reactive ketones (excluding diaryl/α,β-unsaturated/α-hetero) is 1. The Kier molecular flexibility index (Phi) is 25.4. The molecule has 0 aliphatic carbocycles. The fraction of sp³-hybridized carbons (Fsp3) is 0.960. The van der Waals surface area contributed by atoms with Crippen LogP contribution < -0.4 is 5.32 Å². The Hall–Kier alpha value is -0.100. The zero-order valence-corrected chi connectivity index (χ0v) is 22.2. The molecule has 0 radical (unpaired) electrons. The van der Waals surface area contributed by atoms with Gasteiger partial charge >= 0.3 is 8.60 Å². The van der Waals surface area contributed by atoms with E-state index < -0.39 is 8.60 Å². The van der Waals surface area contributed by atoms with Crippen molar-refractivity contribution in [3.05, 3.63) is 0 Å². The molecule has 6 nitrogen and oxygen atoms in total. The van der Waals surface area contributed by atoms with Crippen LogP contribution in [-0.4, -0.2) is 50.7 Å². The van der Waals surface area contributed by atoms with Gasteiger partial charge in [0.05, 0.1) is 33.4 Å². The number of quaternary nitrogens is 1. The van der Waals surface area contributed by atoms with Gasteiger partial charge in [-0.05, 0) is 13.3 Å². The first kappa shape index (κ1) is 31.9. The second-order valence-corrected chi connectivity index (χ2v) is 10.00. The van der Waals surface area contributed by atoms with Crippen molar-refractivity contribution < 1.29 is 28.8 Å². The van der Waals surface area contributed by atoms with Crippen molar-refractivity contribution in [2.75, 3.05) is 40.0 Å². The van der Waals surface area contributed by atoms with E-state index >= 15 is 0 Å². The monoisotopic (exact) mass is 478 g/mol. The highest BCUT2D eigenvalue weighted by Gasteiger charge is 2.16. The first-order valence-electron chi connectivity index (χ1n) is 13.2. The molecule has 0 aliphatic heterocycles. The highest BCUT2D eigenvalue weighted by molar-refractivity contribution is 7.40. The Balaban J connectivity index is 3.59. The van der Waals surface area contributed by atoms with E-state index in [0.29, 0.717) is 26.2 Å². The number of unbranched alkanes of at least 4 members (excludes halogenated alkanes) is 12. The van der Waals surface area contributed by atoms with E-state index in [4.69, 9.17) is 13.8 Å². The first-order valence-corrected chi connectivity index (χ1v) is 14.3. The van der Waals surface area contributed by atoms with Gasteiger partial charge in [-0.2, -0.15) is 0 Å². The molecule has 3 N–H and O–H groups in total. The van der Waals surface area contributed by atoms with Crippen molar-refractivity contribution in [1.29, 1.82) is 0 Å². The number of ether oxygens (including phenoxy) is 1. The maximum atomic E-state index is 11.5. The second-order valence-electron chi connectivity index (χ2n) is 9.01. The molecule has 2 atom stereocenters. The van der Waals surface area contributed by atoms with Crippen LogP contribution in [0.2, 0.25) is 0 Å². The predicted octanol–water partition coefficient (Wildman–Crippen LogP) is 5.53. The zero-order chi connectivity index (χ0) is 23.7. The third-order valence-electron chi connectivity index (χ3n) is 5.58. The van der Waals surface area contributed by atoms with Crippen molar-refractivity contribution in [1.82, 2.24) is 0 Å². The summed E-state index contributed by atoms with van der Waals surface area (Å²) >= 11 is 0. The van der Waals surface area contributed by atoms with Crippen LogP contribution in [0.3, 0.4) is 0 Å². The highest BCUT2D eigenvalue weighted by Crippen LogP contribution is 2.33. The van der Waals surface area contributed by atoms with E-state index in [2.05, 4.69) is 12.2 Å². The van der Waals surface area contributed by atoms with Gasteiger partial charge in [0.2, 0.25) is 0 Å². The fourth-order valence-corrected chi connectivity index (χ4v) is 4.38. The topological polar surface area (TPSA) is 81.6 Å². The maximum absolute atomic E-state index is 11.5. The Morgan fingerprint density at radius 3 is 1.91 bits per heavy atom. The van der Waals surface area contributed by atoms with Crippen LogP contribution in [0.5, 0.6) is 0 Å². The number of carbonyl (C=O) groups excluding carboxylic acids is 1. The van der Waals surface area contributed by atoms with Gasteiger partial charge in [0.1, 0.15) is 5.78 Å². The van der Waals surface area contributed by atoms with Gasteiger partial charge in [-0.3, -0.25) is 0 Å². The molecule has 32 heavy (non-hydrogen) atoms. The van der Waals surface area contributed by atoms with Crippen LogP contribution in [0.1, 0.15) is 110 Å². The Bertz CT molecular complexity index is 401. The third-order valence-corrected chi connectivity index (χ3v) is 6.35. The van der Waals surface area contributed by atoms with Gasteiger partial charge in [0.15, 0.2) is 0 Å². The minimum absolute atomic E-state index is 0.0285. The predicted molar refractivity (Wildman–Crippen MR) is 134 cm³/mol. The number of hydrogen-bond donors (Lipinski definition) is 2. The summed E-state index contributed by atoms with van der Waals surface area (Å²) in [5, 5.41) is 2.07. The Morgan fingerprint density at radius 1 is 0.812 bits per heavy atom. The lowest BCUT2D eigenvalue weighted by Crippen LogP contribution is -2.79. The van der Waals surface area contributed by atoms with E-state index in [1.165, 1.54) is 77.0 Å². The van der Waals surface area contributed by atoms with E-state index in [1.807, 2.05) is 7.05 Å². The summed E-state index contributed by atoms with van der Waals surface area (Å²) in [6.07, 6.45) is 18.7. The summed E-state index contributed by atoms with van der Waals surface area (Å²) in [5.41, 5.74) is 0. The maximum Gasteiger partial charge on any atom is 0.329 e. The number of rotatable bonds is 26. The Labute approximate surface area is 199 Å². The average Bonchev–Trinajstić information content (AvgIpc) is 2.77. The number of hydrogen-bond acceptors (Lipinski definition) is 5. The van der Waals surface area contributed by atoms with Gasteiger partial charge in [0.25, 0.3) is 0 Å². The molecular weight excluding hydrogens is 425 g/mol. The largest absolute Gasteiger partial charge is 0.381 e.